The lowest BCUT2D eigenvalue weighted by molar-refractivity contribution is 0.138. The molecule has 0 saturated carbocycles. The highest BCUT2D eigenvalue weighted by Gasteiger charge is 2.39. The van der Waals surface area contributed by atoms with E-state index < -0.39 is 26.5 Å². The molecule has 3 nitrogen and oxygen atoms in total. The zero-order chi connectivity index (χ0) is 13.4. The minimum Gasteiger partial charge on any atom is -0.387 e. The van der Waals surface area contributed by atoms with Crippen LogP contribution in [0, 0.1) is 12.7 Å². The Hall–Kier alpha value is -0.940. The van der Waals surface area contributed by atoms with Crippen molar-refractivity contribution in [2.75, 3.05) is 6.26 Å². The molecule has 0 fully saturated rings. The summed E-state index contributed by atoms with van der Waals surface area (Å²) >= 11 is 0. The van der Waals surface area contributed by atoms with Gasteiger partial charge in [-0.15, -0.1) is 0 Å². The highest BCUT2D eigenvalue weighted by molar-refractivity contribution is 7.92. The Morgan fingerprint density at radius 3 is 2.29 bits per heavy atom. The summed E-state index contributed by atoms with van der Waals surface area (Å²) in [4.78, 5) is 0. The molecule has 0 aliphatic heterocycles. The Morgan fingerprint density at radius 1 is 1.35 bits per heavy atom. The summed E-state index contributed by atoms with van der Waals surface area (Å²) in [6.07, 6.45) is -0.104. The second-order valence-corrected chi connectivity index (χ2v) is 7.38. The fraction of sp³-hybridized carbons (Fsp3) is 0.500. The number of hydrogen-bond acceptors (Lipinski definition) is 3. The minimum absolute atomic E-state index is 0.407. The molecule has 1 unspecified atom stereocenters. The quantitative estimate of drug-likeness (QED) is 0.904. The van der Waals surface area contributed by atoms with Crippen molar-refractivity contribution in [2.24, 2.45) is 0 Å². The van der Waals surface area contributed by atoms with E-state index in [0.717, 1.165) is 6.26 Å². The fourth-order valence-corrected chi connectivity index (χ4v) is 2.06. The van der Waals surface area contributed by atoms with Crippen LogP contribution in [-0.2, 0) is 9.84 Å². The molecule has 1 N–H and O–H groups in total. The maximum Gasteiger partial charge on any atom is 0.155 e. The number of rotatable bonds is 3. The third kappa shape index (κ3) is 2.66. The summed E-state index contributed by atoms with van der Waals surface area (Å²) in [7, 11) is -3.42. The largest absolute Gasteiger partial charge is 0.387 e. The van der Waals surface area contributed by atoms with Gasteiger partial charge >= 0.3 is 0 Å². The molecule has 0 amide bonds. The summed E-state index contributed by atoms with van der Waals surface area (Å²) < 4.78 is 34.9. The number of halogens is 1. The van der Waals surface area contributed by atoms with E-state index in [9.17, 15) is 17.9 Å². The molecule has 0 aromatic heterocycles. The topological polar surface area (TPSA) is 54.4 Å². The number of aliphatic hydroxyl groups is 1. The van der Waals surface area contributed by atoms with Gasteiger partial charge in [0.2, 0.25) is 0 Å². The van der Waals surface area contributed by atoms with Crippen LogP contribution in [0.3, 0.4) is 0 Å². The van der Waals surface area contributed by atoms with Gasteiger partial charge in [0.25, 0.3) is 0 Å². The number of aliphatic hydroxyl groups excluding tert-OH is 1. The Morgan fingerprint density at radius 2 is 1.88 bits per heavy atom. The molecule has 0 aliphatic carbocycles. The lowest BCUT2D eigenvalue weighted by Gasteiger charge is -2.29. The second kappa shape index (κ2) is 4.38. The van der Waals surface area contributed by atoms with Crippen LogP contribution in [0.4, 0.5) is 4.39 Å². The molecule has 5 heteroatoms. The van der Waals surface area contributed by atoms with E-state index >= 15 is 0 Å². The normalized spacial score (nSPS) is 14.7. The molecule has 96 valence electrons. The van der Waals surface area contributed by atoms with Gasteiger partial charge in [-0.3, -0.25) is 0 Å². The summed E-state index contributed by atoms with van der Waals surface area (Å²) in [6, 6.07) is 3.91. The van der Waals surface area contributed by atoms with E-state index in [1.165, 1.54) is 32.0 Å². The zero-order valence-corrected chi connectivity index (χ0v) is 11.2. The van der Waals surface area contributed by atoms with Gasteiger partial charge in [-0.1, -0.05) is 6.07 Å². The Labute approximate surface area is 101 Å². The average molecular weight is 260 g/mol. The van der Waals surface area contributed by atoms with Gasteiger partial charge in [0.1, 0.15) is 5.82 Å². The molecule has 0 spiro atoms. The predicted octanol–water partition coefficient (Wildman–Crippen LogP) is 1.99. The number of aryl methyl sites for hydroxylation is 1. The molecule has 0 aliphatic rings. The Balaban J connectivity index is 3.26. The van der Waals surface area contributed by atoms with Gasteiger partial charge in [-0.2, -0.15) is 0 Å². The molecular weight excluding hydrogens is 243 g/mol. The van der Waals surface area contributed by atoms with Gasteiger partial charge in [-0.05, 0) is 44.0 Å². The van der Waals surface area contributed by atoms with E-state index in [1.54, 1.807) is 6.92 Å². The van der Waals surface area contributed by atoms with Gasteiger partial charge in [0.05, 0.1) is 10.9 Å². The summed E-state index contributed by atoms with van der Waals surface area (Å²) in [6.45, 7) is 4.55. The van der Waals surface area contributed by atoms with Gasteiger partial charge < -0.3 is 5.11 Å². The first-order valence-electron chi connectivity index (χ1n) is 5.21. The molecule has 1 rings (SSSR count). The van der Waals surface area contributed by atoms with Crippen LogP contribution in [0.25, 0.3) is 0 Å². The summed E-state index contributed by atoms with van der Waals surface area (Å²) in [5.41, 5.74) is 0.969. The summed E-state index contributed by atoms with van der Waals surface area (Å²) in [5, 5.41) is 10.2. The maximum absolute atomic E-state index is 12.9. The molecule has 0 heterocycles. The molecule has 1 aromatic carbocycles. The molecule has 1 atom stereocenters. The Kier molecular flexibility index (Phi) is 3.64. The van der Waals surface area contributed by atoms with E-state index in [2.05, 4.69) is 0 Å². The number of sulfone groups is 1. The lowest BCUT2D eigenvalue weighted by atomic mass is 9.94. The lowest BCUT2D eigenvalue weighted by Crippen LogP contribution is -2.38. The molecule has 17 heavy (non-hydrogen) atoms. The molecule has 0 bridgehead atoms. The van der Waals surface area contributed by atoms with E-state index in [1.807, 2.05) is 0 Å². The van der Waals surface area contributed by atoms with Crippen molar-refractivity contribution in [3.63, 3.8) is 0 Å². The van der Waals surface area contributed by atoms with Crippen molar-refractivity contribution in [3.8, 4) is 0 Å². The van der Waals surface area contributed by atoms with Crippen molar-refractivity contribution >= 4 is 9.84 Å². The molecule has 0 saturated heterocycles. The SMILES string of the molecule is Cc1cc(F)ccc1C(O)C(C)(C)S(C)(=O)=O. The number of benzene rings is 1. The van der Waals surface area contributed by atoms with Crippen molar-refractivity contribution < 1.29 is 17.9 Å². The third-order valence-corrected chi connectivity index (χ3v) is 5.28. The first-order valence-corrected chi connectivity index (χ1v) is 7.10. The highest BCUT2D eigenvalue weighted by atomic mass is 32.2. The molecular formula is C12H17FO3S. The van der Waals surface area contributed by atoms with Crippen molar-refractivity contribution in [3.05, 3.63) is 35.1 Å². The van der Waals surface area contributed by atoms with E-state index in [4.69, 9.17) is 0 Å². The van der Waals surface area contributed by atoms with Gasteiger partial charge in [0, 0.05) is 6.26 Å². The zero-order valence-electron chi connectivity index (χ0n) is 10.4. The average Bonchev–Trinajstić information content (AvgIpc) is 2.14. The maximum atomic E-state index is 12.9. The standard InChI is InChI=1S/C12H17FO3S/c1-8-7-9(13)5-6-10(8)11(14)12(2,3)17(4,15)16/h5-7,11,14H,1-4H3. The smallest absolute Gasteiger partial charge is 0.155 e. The van der Waals surface area contributed by atoms with Crippen LogP contribution in [0.5, 0.6) is 0 Å². The van der Waals surface area contributed by atoms with Gasteiger partial charge in [0.15, 0.2) is 9.84 Å². The van der Waals surface area contributed by atoms with E-state index in [0.29, 0.717) is 11.1 Å². The summed E-state index contributed by atoms with van der Waals surface area (Å²) in [5.74, 6) is -0.407. The van der Waals surface area contributed by atoms with Crippen LogP contribution >= 0.6 is 0 Å². The van der Waals surface area contributed by atoms with Crippen LogP contribution < -0.4 is 0 Å². The molecule has 1 aromatic rings. The fourth-order valence-electron chi connectivity index (χ4n) is 1.52. The predicted molar refractivity (Wildman–Crippen MR) is 65.0 cm³/mol. The third-order valence-electron chi connectivity index (χ3n) is 3.14. The van der Waals surface area contributed by atoms with Gasteiger partial charge in [-0.25, -0.2) is 12.8 Å². The first kappa shape index (κ1) is 14.1. The second-order valence-electron chi connectivity index (χ2n) is 4.78. The van der Waals surface area contributed by atoms with Crippen molar-refractivity contribution in [1.82, 2.24) is 0 Å². The number of hydrogen-bond donors (Lipinski definition) is 1. The van der Waals surface area contributed by atoms with E-state index in [-0.39, 0.29) is 0 Å². The van der Waals surface area contributed by atoms with Crippen LogP contribution in [-0.4, -0.2) is 24.5 Å². The van der Waals surface area contributed by atoms with Crippen LogP contribution in [0.2, 0.25) is 0 Å². The molecule has 0 radical (unpaired) electrons. The monoisotopic (exact) mass is 260 g/mol. The van der Waals surface area contributed by atoms with Crippen molar-refractivity contribution in [2.45, 2.75) is 31.6 Å². The Bertz CT molecular complexity index is 521. The van der Waals surface area contributed by atoms with Crippen LogP contribution in [0.15, 0.2) is 18.2 Å². The van der Waals surface area contributed by atoms with Crippen molar-refractivity contribution in [1.29, 1.82) is 0 Å². The first-order chi connectivity index (χ1) is 7.57. The highest BCUT2D eigenvalue weighted by Crippen LogP contribution is 2.33. The minimum atomic E-state index is -3.42. The van der Waals surface area contributed by atoms with Crippen LogP contribution in [0.1, 0.15) is 31.1 Å².